The van der Waals surface area contributed by atoms with Crippen molar-refractivity contribution < 1.29 is 24.2 Å². The SMILES string of the molecule is CCCCOC(=O)c1ccccc1NC(=O)/C(C#N)=C\Nc1ccc(C(=O)O)cc1. The number of carbonyl (C=O) groups is 3. The van der Waals surface area contributed by atoms with Crippen molar-refractivity contribution in [3.8, 4) is 6.07 Å². The molecular formula is C22H21N3O5. The molecule has 0 heterocycles. The van der Waals surface area contributed by atoms with Gasteiger partial charge in [0.15, 0.2) is 0 Å². The number of rotatable bonds is 9. The summed E-state index contributed by atoms with van der Waals surface area (Å²) in [6.07, 6.45) is 2.82. The maximum Gasteiger partial charge on any atom is 0.340 e. The highest BCUT2D eigenvalue weighted by molar-refractivity contribution is 6.09. The number of hydrogen-bond acceptors (Lipinski definition) is 6. The highest BCUT2D eigenvalue weighted by atomic mass is 16.5. The number of esters is 1. The summed E-state index contributed by atoms with van der Waals surface area (Å²) in [7, 11) is 0. The lowest BCUT2D eigenvalue weighted by Crippen LogP contribution is -2.18. The molecule has 0 aliphatic carbocycles. The van der Waals surface area contributed by atoms with Crippen LogP contribution in [0.4, 0.5) is 11.4 Å². The largest absolute Gasteiger partial charge is 0.478 e. The van der Waals surface area contributed by atoms with Crippen molar-refractivity contribution in [2.75, 3.05) is 17.2 Å². The fourth-order valence-corrected chi connectivity index (χ4v) is 2.36. The maximum atomic E-state index is 12.5. The number of nitrogens with one attached hydrogen (secondary N) is 2. The summed E-state index contributed by atoms with van der Waals surface area (Å²) in [4.78, 5) is 35.6. The van der Waals surface area contributed by atoms with E-state index < -0.39 is 17.8 Å². The first-order chi connectivity index (χ1) is 14.5. The summed E-state index contributed by atoms with van der Waals surface area (Å²) in [5.41, 5.74) is 0.810. The Balaban J connectivity index is 2.10. The quantitative estimate of drug-likeness (QED) is 0.250. The van der Waals surface area contributed by atoms with Gasteiger partial charge in [0.2, 0.25) is 0 Å². The molecule has 0 radical (unpaired) electrons. The van der Waals surface area contributed by atoms with E-state index in [4.69, 9.17) is 9.84 Å². The minimum absolute atomic E-state index is 0.116. The number of amides is 1. The van der Waals surface area contributed by atoms with Gasteiger partial charge in [0.25, 0.3) is 5.91 Å². The van der Waals surface area contributed by atoms with Crippen LogP contribution in [-0.2, 0) is 9.53 Å². The molecule has 30 heavy (non-hydrogen) atoms. The number of hydrogen-bond donors (Lipinski definition) is 3. The first-order valence-electron chi connectivity index (χ1n) is 9.24. The molecule has 2 aromatic carbocycles. The summed E-state index contributed by atoms with van der Waals surface area (Å²) < 4.78 is 5.19. The number of nitrogens with zero attached hydrogens (tertiary/aromatic N) is 1. The number of benzene rings is 2. The summed E-state index contributed by atoms with van der Waals surface area (Å²) in [6.45, 7) is 2.26. The normalized spacial score (nSPS) is 10.6. The van der Waals surface area contributed by atoms with Gasteiger partial charge >= 0.3 is 11.9 Å². The molecule has 0 aliphatic rings. The number of para-hydroxylation sites is 1. The minimum atomic E-state index is -1.05. The Labute approximate surface area is 173 Å². The molecule has 3 N–H and O–H groups in total. The van der Waals surface area contributed by atoms with Crippen LogP contribution in [0.3, 0.4) is 0 Å². The summed E-state index contributed by atoms with van der Waals surface area (Å²) >= 11 is 0. The topological polar surface area (TPSA) is 129 Å². The van der Waals surface area contributed by atoms with Gasteiger partial charge in [0.1, 0.15) is 11.6 Å². The Morgan fingerprint density at radius 1 is 1.13 bits per heavy atom. The first kappa shape index (κ1) is 22.2. The van der Waals surface area contributed by atoms with Crippen LogP contribution in [-0.4, -0.2) is 29.6 Å². The minimum Gasteiger partial charge on any atom is -0.478 e. The van der Waals surface area contributed by atoms with Crippen molar-refractivity contribution in [1.82, 2.24) is 0 Å². The van der Waals surface area contributed by atoms with Crippen molar-refractivity contribution in [2.45, 2.75) is 19.8 Å². The number of unbranched alkanes of at least 4 members (excludes halogenated alkanes) is 1. The van der Waals surface area contributed by atoms with Gasteiger partial charge in [-0.2, -0.15) is 5.26 Å². The van der Waals surface area contributed by atoms with Gasteiger partial charge in [0, 0.05) is 11.9 Å². The molecule has 0 aliphatic heterocycles. The molecule has 0 bridgehead atoms. The Morgan fingerprint density at radius 3 is 2.47 bits per heavy atom. The second-order valence-electron chi connectivity index (χ2n) is 6.19. The highest BCUT2D eigenvalue weighted by Crippen LogP contribution is 2.18. The number of anilines is 2. The third kappa shape index (κ3) is 6.21. The van der Waals surface area contributed by atoms with Gasteiger partial charge in [-0.3, -0.25) is 4.79 Å². The zero-order valence-electron chi connectivity index (χ0n) is 16.3. The fourth-order valence-electron chi connectivity index (χ4n) is 2.36. The third-order valence-corrected chi connectivity index (χ3v) is 4.01. The molecule has 1 amide bonds. The molecule has 8 nitrogen and oxygen atoms in total. The Hall–Kier alpha value is -4.12. The Bertz CT molecular complexity index is 991. The third-order valence-electron chi connectivity index (χ3n) is 4.01. The molecule has 0 atom stereocenters. The van der Waals surface area contributed by atoms with Crippen molar-refractivity contribution in [2.24, 2.45) is 0 Å². The fraction of sp³-hybridized carbons (Fsp3) is 0.182. The van der Waals surface area contributed by atoms with Crippen LogP contribution in [0.5, 0.6) is 0 Å². The molecule has 8 heteroatoms. The summed E-state index contributed by atoms with van der Waals surface area (Å²) in [5, 5.41) is 23.5. The van der Waals surface area contributed by atoms with Gasteiger partial charge in [-0.15, -0.1) is 0 Å². The van der Waals surface area contributed by atoms with E-state index in [2.05, 4.69) is 10.6 Å². The van der Waals surface area contributed by atoms with Gasteiger partial charge < -0.3 is 20.5 Å². The van der Waals surface area contributed by atoms with Crippen LogP contribution in [0, 0.1) is 11.3 Å². The predicted octanol–water partition coefficient (Wildman–Crippen LogP) is 3.80. The summed E-state index contributed by atoms with van der Waals surface area (Å²) in [5.74, 6) is -2.32. The van der Waals surface area contributed by atoms with Gasteiger partial charge in [-0.25, -0.2) is 9.59 Å². The standard InChI is InChI=1S/C22H21N3O5/c1-2-3-12-30-22(29)18-6-4-5-7-19(18)25-20(26)16(13-23)14-24-17-10-8-15(9-11-17)21(27)28/h4-11,14,24H,2-3,12H2,1H3,(H,25,26)(H,27,28)/b16-14-. The van der Waals surface area contributed by atoms with Crippen LogP contribution in [0.1, 0.15) is 40.5 Å². The number of carboxylic acid groups (broad SMARTS) is 1. The van der Waals surface area contributed by atoms with Gasteiger partial charge in [-0.05, 0) is 42.8 Å². The molecular weight excluding hydrogens is 386 g/mol. The van der Waals surface area contributed by atoms with E-state index in [9.17, 15) is 19.6 Å². The molecule has 0 spiro atoms. The number of carbonyl (C=O) groups excluding carboxylic acids is 2. The van der Waals surface area contributed by atoms with Gasteiger partial charge in [0.05, 0.1) is 23.4 Å². The van der Waals surface area contributed by atoms with E-state index >= 15 is 0 Å². The van der Waals surface area contributed by atoms with Crippen molar-refractivity contribution in [3.05, 3.63) is 71.4 Å². The first-order valence-corrected chi connectivity index (χ1v) is 9.24. The monoisotopic (exact) mass is 407 g/mol. The van der Waals surface area contributed by atoms with Crippen LogP contribution in [0.2, 0.25) is 0 Å². The molecule has 2 rings (SSSR count). The molecule has 2 aromatic rings. The lowest BCUT2D eigenvalue weighted by atomic mass is 10.1. The highest BCUT2D eigenvalue weighted by Gasteiger charge is 2.16. The van der Waals surface area contributed by atoms with E-state index in [0.717, 1.165) is 12.8 Å². The molecule has 0 saturated carbocycles. The van der Waals surface area contributed by atoms with Crippen molar-refractivity contribution in [1.29, 1.82) is 5.26 Å². The van der Waals surface area contributed by atoms with Gasteiger partial charge in [-0.1, -0.05) is 25.5 Å². The summed E-state index contributed by atoms with van der Waals surface area (Å²) in [6, 6.07) is 14.0. The lowest BCUT2D eigenvalue weighted by molar-refractivity contribution is -0.112. The number of carboxylic acids is 1. The smallest absolute Gasteiger partial charge is 0.340 e. The van der Waals surface area contributed by atoms with E-state index in [1.807, 2.05) is 6.92 Å². The Morgan fingerprint density at radius 2 is 1.83 bits per heavy atom. The maximum absolute atomic E-state index is 12.5. The van der Waals surface area contributed by atoms with Crippen LogP contribution >= 0.6 is 0 Å². The predicted molar refractivity (Wildman–Crippen MR) is 111 cm³/mol. The van der Waals surface area contributed by atoms with E-state index in [1.165, 1.54) is 36.5 Å². The zero-order chi connectivity index (χ0) is 21.9. The second-order valence-corrected chi connectivity index (χ2v) is 6.19. The van der Waals surface area contributed by atoms with E-state index in [0.29, 0.717) is 5.69 Å². The lowest BCUT2D eigenvalue weighted by Gasteiger charge is -2.10. The van der Waals surface area contributed by atoms with Crippen LogP contribution in [0.15, 0.2) is 60.3 Å². The molecule has 0 saturated heterocycles. The number of aromatic carboxylic acids is 1. The number of nitriles is 1. The number of ether oxygens (including phenoxy) is 1. The average Bonchev–Trinajstić information content (AvgIpc) is 2.75. The van der Waals surface area contributed by atoms with Crippen molar-refractivity contribution >= 4 is 29.2 Å². The zero-order valence-corrected chi connectivity index (χ0v) is 16.3. The van der Waals surface area contributed by atoms with Crippen LogP contribution < -0.4 is 10.6 Å². The molecule has 0 aromatic heterocycles. The Kier molecular flexibility index (Phi) is 8.15. The van der Waals surface area contributed by atoms with E-state index in [1.54, 1.807) is 24.3 Å². The van der Waals surface area contributed by atoms with E-state index in [-0.39, 0.29) is 29.0 Å². The molecule has 0 unspecified atom stereocenters. The van der Waals surface area contributed by atoms with Crippen molar-refractivity contribution in [3.63, 3.8) is 0 Å². The van der Waals surface area contributed by atoms with Crippen LogP contribution in [0.25, 0.3) is 0 Å². The average molecular weight is 407 g/mol. The molecule has 0 fully saturated rings. The second kappa shape index (κ2) is 11.0. The molecule has 154 valence electrons.